The standard InChI is InChI=1S/C16H21FO/c1-12-9-10-14(11-15(12)17)16(18)13-7-5-3-2-4-6-8-13/h7,9-11,16,18H,2-6,8H2,1H3/b13-7+. The van der Waals surface area contributed by atoms with E-state index in [1.54, 1.807) is 13.0 Å². The van der Waals surface area contributed by atoms with Gasteiger partial charge in [-0.2, -0.15) is 0 Å². The van der Waals surface area contributed by atoms with E-state index in [4.69, 9.17) is 0 Å². The predicted octanol–water partition coefficient (Wildman–Crippen LogP) is 4.45. The highest BCUT2D eigenvalue weighted by Gasteiger charge is 2.15. The summed E-state index contributed by atoms with van der Waals surface area (Å²) in [6.07, 6.45) is 8.28. The molecule has 2 heteroatoms. The Balaban J connectivity index is 2.18. The number of aryl methyl sites for hydroxylation is 1. The van der Waals surface area contributed by atoms with E-state index in [2.05, 4.69) is 6.08 Å². The van der Waals surface area contributed by atoms with Gasteiger partial charge in [0, 0.05) is 0 Å². The van der Waals surface area contributed by atoms with Crippen LogP contribution in [0.4, 0.5) is 4.39 Å². The number of halogens is 1. The molecule has 1 aliphatic rings. The van der Waals surface area contributed by atoms with Crippen LogP contribution in [0.25, 0.3) is 0 Å². The van der Waals surface area contributed by atoms with Crippen molar-refractivity contribution in [3.63, 3.8) is 0 Å². The summed E-state index contributed by atoms with van der Waals surface area (Å²) in [5.74, 6) is -0.238. The lowest BCUT2D eigenvalue weighted by molar-refractivity contribution is 0.208. The zero-order chi connectivity index (χ0) is 13.0. The van der Waals surface area contributed by atoms with Crippen molar-refractivity contribution in [2.24, 2.45) is 0 Å². The fourth-order valence-electron chi connectivity index (χ4n) is 2.46. The molecule has 98 valence electrons. The fourth-order valence-corrected chi connectivity index (χ4v) is 2.46. The minimum Gasteiger partial charge on any atom is -0.384 e. The maximum absolute atomic E-state index is 13.5. The summed E-state index contributed by atoms with van der Waals surface area (Å²) in [6, 6.07) is 5.01. The molecule has 0 heterocycles. The van der Waals surface area contributed by atoms with Gasteiger partial charge >= 0.3 is 0 Å². The lowest BCUT2D eigenvalue weighted by Gasteiger charge is -2.18. The minimum atomic E-state index is -0.641. The molecule has 0 bridgehead atoms. The summed E-state index contributed by atoms with van der Waals surface area (Å²) in [4.78, 5) is 0. The van der Waals surface area contributed by atoms with Crippen molar-refractivity contribution in [1.82, 2.24) is 0 Å². The molecule has 2 rings (SSSR count). The fraction of sp³-hybridized carbons (Fsp3) is 0.500. The highest BCUT2D eigenvalue weighted by atomic mass is 19.1. The van der Waals surface area contributed by atoms with E-state index in [1.807, 2.05) is 6.07 Å². The SMILES string of the molecule is Cc1ccc(C(O)/C2=C/CCCCCC2)cc1F. The molecule has 0 spiro atoms. The molecule has 1 aromatic rings. The number of hydrogen-bond acceptors (Lipinski definition) is 1. The van der Waals surface area contributed by atoms with Gasteiger partial charge in [-0.25, -0.2) is 4.39 Å². The van der Waals surface area contributed by atoms with Gasteiger partial charge in [-0.05, 0) is 55.4 Å². The van der Waals surface area contributed by atoms with Gasteiger partial charge in [-0.3, -0.25) is 0 Å². The molecule has 1 N–H and O–H groups in total. The molecule has 18 heavy (non-hydrogen) atoms. The second kappa shape index (κ2) is 6.14. The van der Waals surface area contributed by atoms with Gasteiger partial charge in [0.25, 0.3) is 0 Å². The van der Waals surface area contributed by atoms with E-state index in [9.17, 15) is 9.50 Å². The maximum atomic E-state index is 13.5. The van der Waals surface area contributed by atoms with Crippen LogP contribution in [0.5, 0.6) is 0 Å². The van der Waals surface area contributed by atoms with Crippen molar-refractivity contribution in [2.45, 2.75) is 51.6 Å². The van der Waals surface area contributed by atoms with Crippen LogP contribution in [0.15, 0.2) is 29.8 Å². The Morgan fingerprint density at radius 3 is 2.72 bits per heavy atom. The van der Waals surface area contributed by atoms with Gasteiger partial charge in [-0.1, -0.05) is 31.1 Å². The van der Waals surface area contributed by atoms with Crippen LogP contribution in [0.2, 0.25) is 0 Å². The van der Waals surface area contributed by atoms with E-state index in [1.165, 1.54) is 25.3 Å². The number of hydrogen-bond donors (Lipinski definition) is 1. The molecule has 1 atom stereocenters. The summed E-state index contributed by atoms with van der Waals surface area (Å²) in [5, 5.41) is 10.3. The molecule has 1 aliphatic carbocycles. The molecule has 0 fully saturated rings. The highest BCUT2D eigenvalue weighted by molar-refractivity contribution is 5.30. The lowest BCUT2D eigenvalue weighted by atomic mass is 9.92. The summed E-state index contributed by atoms with van der Waals surface area (Å²) in [5.41, 5.74) is 2.35. The quantitative estimate of drug-likeness (QED) is 0.767. The van der Waals surface area contributed by atoms with Crippen LogP contribution in [-0.2, 0) is 0 Å². The van der Waals surface area contributed by atoms with Gasteiger partial charge in [0.2, 0.25) is 0 Å². The first-order valence-corrected chi connectivity index (χ1v) is 6.81. The molecule has 0 aromatic heterocycles. The number of aliphatic hydroxyl groups excluding tert-OH is 1. The van der Waals surface area contributed by atoms with E-state index >= 15 is 0 Å². The van der Waals surface area contributed by atoms with Gasteiger partial charge in [0.05, 0.1) is 0 Å². The second-order valence-corrected chi connectivity index (χ2v) is 5.14. The van der Waals surface area contributed by atoms with Crippen LogP contribution in [0, 0.1) is 12.7 Å². The number of benzene rings is 1. The lowest BCUT2D eigenvalue weighted by Crippen LogP contribution is -2.04. The Morgan fingerprint density at radius 1 is 1.17 bits per heavy atom. The molecule has 1 unspecified atom stereocenters. The summed E-state index contributed by atoms with van der Waals surface area (Å²) in [7, 11) is 0. The van der Waals surface area contributed by atoms with Crippen LogP contribution >= 0.6 is 0 Å². The molecule has 0 amide bonds. The molecule has 1 nitrogen and oxygen atoms in total. The second-order valence-electron chi connectivity index (χ2n) is 5.14. The van der Waals surface area contributed by atoms with Gasteiger partial charge in [-0.15, -0.1) is 0 Å². The van der Waals surface area contributed by atoms with E-state index in [0.717, 1.165) is 24.8 Å². The van der Waals surface area contributed by atoms with Crippen LogP contribution in [0.3, 0.4) is 0 Å². The largest absolute Gasteiger partial charge is 0.384 e. The minimum absolute atomic E-state index is 0.238. The smallest absolute Gasteiger partial charge is 0.126 e. The number of aliphatic hydroxyl groups is 1. The molecule has 0 saturated heterocycles. The summed E-state index contributed by atoms with van der Waals surface area (Å²) in [6.45, 7) is 1.74. The average molecular weight is 248 g/mol. The van der Waals surface area contributed by atoms with E-state index in [-0.39, 0.29) is 5.82 Å². The average Bonchev–Trinajstić information content (AvgIpc) is 2.31. The zero-order valence-corrected chi connectivity index (χ0v) is 11.0. The molecule has 0 radical (unpaired) electrons. The molecule has 0 saturated carbocycles. The normalized spacial score (nSPS) is 21.6. The molecular weight excluding hydrogens is 227 g/mol. The van der Waals surface area contributed by atoms with Crippen molar-refractivity contribution in [1.29, 1.82) is 0 Å². The monoisotopic (exact) mass is 248 g/mol. The van der Waals surface area contributed by atoms with Crippen LogP contribution < -0.4 is 0 Å². The highest BCUT2D eigenvalue weighted by Crippen LogP contribution is 2.29. The number of rotatable bonds is 2. The molecule has 1 aromatic carbocycles. The van der Waals surface area contributed by atoms with Crippen LogP contribution in [-0.4, -0.2) is 5.11 Å². The Hall–Kier alpha value is -1.15. The van der Waals surface area contributed by atoms with Crippen molar-refractivity contribution in [3.8, 4) is 0 Å². The molecule has 0 aliphatic heterocycles. The third-order valence-corrected chi connectivity index (χ3v) is 3.69. The summed E-state index contributed by atoms with van der Waals surface area (Å²) >= 11 is 0. The molecular formula is C16H21FO. The summed E-state index contributed by atoms with van der Waals surface area (Å²) < 4.78 is 13.5. The Kier molecular flexibility index (Phi) is 4.54. The van der Waals surface area contributed by atoms with Crippen LogP contribution in [0.1, 0.15) is 55.8 Å². The first-order chi connectivity index (χ1) is 8.68. The van der Waals surface area contributed by atoms with E-state index in [0.29, 0.717) is 11.1 Å². The van der Waals surface area contributed by atoms with Crippen molar-refractivity contribution in [3.05, 3.63) is 46.8 Å². The van der Waals surface area contributed by atoms with Crippen molar-refractivity contribution in [2.75, 3.05) is 0 Å². The topological polar surface area (TPSA) is 20.2 Å². The Labute approximate surface area is 108 Å². The van der Waals surface area contributed by atoms with Gasteiger partial charge in [0.1, 0.15) is 11.9 Å². The van der Waals surface area contributed by atoms with Gasteiger partial charge in [0.15, 0.2) is 0 Å². The maximum Gasteiger partial charge on any atom is 0.126 e. The van der Waals surface area contributed by atoms with Crippen molar-refractivity contribution >= 4 is 0 Å². The third-order valence-electron chi connectivity index (χ3n) is 3.69. The zero-order valence-electron chi connectivity index (χ0n) is 11.0. The number of allylic oxidation sites excluding steroid dienone is 1. The van der Waals surface area contributed by atoms with E-state index < -0.39 is 6.10 Å². The first kappa shape index (κ1) is 13.3. The van der Waals surface area contributed by atoms with Gasteiger partial charge < -0.3 is 5.11 Å². The van der Waals surface area contributed by atoms with Crippen molar-refractivity contribution < 1.29 is 9.50 Å². The predicted molar refractivity (Wildman–Crippen MR) is 71.9 cm³/mol. The first-order valence-electron chi connectivity index (χ1n) is 6.81. The Bertz CT molecular complexity index is 437. The third kappa shape index (κ3) is 3.20. The Morgan fingerprint density at radius 2 is 1.94 bits per heavy atom.